The molecule has 3 nitrogen and oxygen atoms in total. The number of aliphatic imine (C=N–C) groups is 1. The molecule has 2 atom stereocenters. The molecule has 1 aliphatic carbocycles. The van der Waals surface area contributed by atoms with Crippen LogP contribution in [-0.2, 0) is 13.0 Å². The highest BCUT2D eigenvalue weighted by atomic mass is 32.2. The van der Waals surface area contributed by atoms with Gasteiger partial charge in [-0.3, -0.25) is 4.99 Å². The van der Waals surface area contributed by atoms with E-state index in [1.165, 1.54) is 27.3 Å². The summed E-state index contributed by atoms with van der Waals surface area (Å²) in [6, 6.07) is 33.9. The first-order valence-corrected chi connectivity index (χ1v) is 13.0. The number of rotatable bonds is 5. The van der Waals surface area contributed by atoms with Crippen molar-refractivity contribution in [2.45, 2.75) is 29.6 Å². The second-order valence-corrected chi connectivity index (χ2v) is 10.2. The lowest BCUT2D eigenvalue weighted by Crippen LogP contribution is -2.27. The van der Waals surface area contributed by atoms with E-state index in [1.54, 1.807) is 7.11 Å². The van der Waals surface area contributed by atoms with Gasteiger partial charge in [-0.1, -0.05) is 72.8 Å². The number of methoxy groups -OCH3 is 1. The third kappa shape index (κ3) is 4.35. The summed E-state index contributed by atoms with van der Waals surface area (Å²) in [7, 11) is 1.70. The maximum absolute atomic E-state index is 6.27. The van der Waals surface area contributed by atoms with Gasteiger partial charge in [0.05, 0.1) is 18.5 Å². The normalized spacial score (nSPS) is 18.4. The molecule has 0 fully saturated rings. The second kappa shape index (κ2) is 9.63. The van der Waals surface area contributed by atoms with Crippen LogP contribution in [-0.4, -0.2) is 12.8 Å². The van der Waals surface area contributed by atoms with Crippen molar-refractivity contribution in [1.29, 1.82) is 0 Å². The number of nitrogens with zero attached hydrogens (tertiary/aromatic N) is 1. The standard InChI is InChI=1S/C31H27NO2S/c1-33-27-18-16-23(19-28(27)34-20-21-9-3-2-4-10-21)31-25-17-15-22-11-5-6-12-24(22)30(25)32-26-13-7-8-14-29(26)35-31/h2-14,16,18-19,25,31H,15,17,20H2,1H3/t25-,31+/m0/s1. The van der Waals surface area contributed by atoms with Crippen molar-refractivity contribution in [3.05, 3.63) is 119 Å². The lowest BCUT2D eigenvalue weighted by Gasteiger charge is -2.32. The van der Waals surface area contributed by atoms with Crippen molar-refractivity contribution in [2.24, 2.45) is 10.9 Å². The van der Waals surface area contributed by atoms with E-state index in [-0.39, 0.29) is 5.25 Å². The highest BCUT2D eigenvalue weighted by Gasteiger charge is 2.36. The highest BCUT2D eigenvalue weighted by molar-refractivity contribution is 7.99. The van der Waals surface area contributed by atoms with Crippen molar-refractivity contribution in [1.82, 2.24) is 0 Å². The van der Waals surface area contributed by atoms with Gasteiger partial charge in [0.25, 0.3) is 0 Å². The summed E-state index contributed by atoms with van der Waals surface area (Å²) in [5.74, 6) is 1.85. The van der Waals surface area contributed by atoms with E-state index >= 15 is 0 Å². The third-order valence-corrected chi connectivity index (χ3v) is 8.30. The minimum atomic E-state index is 0.232. The quantitative estimate of drug-likeness (QED) is 0.294. The van der Waals surface area contributed by atoms with Crippen LogP contribution in [0.5, 0.6) is 11.5 Å². The molecular weight excluding hydrogens is 450 g/mol. The van der Waals surface area contributed by atoms with Gasteiger partial charge < -0.3 is 9.47 Å². The Kier molecular flexibility index (Phi) is 6.05. The first-order valence-electron chi connectivity index (χ1n) is 12.1. The molecule has 4 aromatic carbocycles. The smallest absolute Gasteiger partial charge is 0.161 e. The first kappa shape index (κ1) is 22.0. The van der Waals surface area contributed by atoms with Gasteiger partial charge in [0.1, 0.15) is 6.61 Å². The zero-order valence-electron chi connectivity index (χ0n) is 19.7. The van der Waals surface area contributed by atoms with E-state index in [2.05, 4.69) is 72.8 Å². The maximum Gasteiger partial charge on any atom is 0.161 e. The Morgan fingerprint density at radius 3 is 2.54 bits per heavy atom. The molecule has 0 spiro atoms. The molecule has 0 N–H and O–H groups in total. The molecule has 0 saturated carbocycles. The zero-order valence-corrected chi connectivity index (χ0v) is 20.5. The predicted molar refractivity (Wildman–Crippen MR) is 143 cm³/mol. The van der Waals surface area contributed by atoms with Crippen molar-refractivity contribution in [3.8, 4) is 11.5 Å². The SMILES string of the molecule is COc1ccc([C@H]2Sc3ccccc3N=C3c4ccccc4CC[C@@H]32)cc1OCc1ccccc1. The third-order valence-electron chi connectivity index (χ3n) is 6.85. The number of fused-ring (bicyclic) bond motifs is 4. The van der Waals surface area contributed by atoms with Gasteiger partial charge >= 0.3 is 0 Å². The molecule has 6 rings (SSSR count). The minimum Gasteiger partial charge on any atom is -0.493 e. The summed E-state index contributed by atoms with van der Waals surface area (Å²) in [5, 5.41) is 0.232. The Hall–Kier alpha value is -3.50. The van der Waals surface area contributed by atoms with E-state index in [0.717, 1.165) is 35.6 Å². The molecule has 0 amide bonds. The van der Waals surface area contributed by atoms with E-state index in [4.69, 9.17) is 14.5 Å². The van der Waals surface area contributed by atoms with Crippen LogP contribution in [0.2, 0.25) is 0 Å². The van der Waals surface area contributed by atoms with Crippen LogP contribution in [0.3, 0.4) is 0 Å². The number of aryl methyl sites for hydroxylation is 1. The van der Waals surface area contributed by atoms with Gasteiger partial charge in [0.15, 0.2) is 11.5 Å². The van der Waals surface area contributed by atoms with Crippen LogP contribution in [0.4, 0.5) is 5.69 Å². The van der Waals surface area contributed by atoms with Crippen molar-refractivity contribution in [2.75, 3.05) is 7.11 Å². The molecule has 0 saturated heterocycles. The lowest BCUT2D eigenvalue weighted by atomic mass is 9.78. The molecule has 174 valence electrons. The fourth-order valence-electron chi connectivity index (χ4n) is 5.09. The van der Waals surface area contributed by atoms with E-state index in [1.807, 2.05) is 36.0 Å². The van der Waals surface area contributed by atoms with Gasteiger partial charge in [-0.15, -0.1) is 11.8 Å². The molecule has 0 aromatic heterocycles. The van der Waals surface area contributed by atoms with Crippen LogP contribution in [0.15, 0.2) is 107 Å². The van der Waals surface area contributed by atoms with Crippen LogP contribution in [0.25, 0.3) is 0 Å². The molecule has 0 radical (unpaired) electrons. The number of hydrogen-bond acceptors (Lipinski definition) is 4. The molecule has 0 unspecified atom stereocenters. The van der Waals surface area contributed by atoms with Crippen molar-refractivity contribution < 1.29 is 9.47 Å². The fraction of sp³-hybridized carbons (Fsp3) is 0.194. The Morgan fingerprint density at radius 1 is 0.857 bits per heavy atom. The number of thioether (sulfide) groups is 1. The average Bonchev–Trinajstić information content (AvgIpc) is 3.09. The highest BCUT2D eigenvalue weighted by Crippen LogP contribution is 2.52. The van der Waals surface area contributed by atoms with Gasteiger partial charge in [-0.05, 0) is 59.4 Å². The number of benzene rings is 4. The second-order valence-electron chi connectivity index (χ2n) is 8.99. The van der Waals surface area contributed by atoms with Crippen molar-refractivity contribution in [3.63, 3.8) is 0 Å². The van der Waals surface area contributed by atoms with Crippen LogP contribution < -0.4 is 9.47 Å². The predicted octanol–water partition coefficient (Wildman–Crippen LogP) is 7.80. The Balaban J connectivity index is 1.40. The van der Waals surface area contributed by atoms with Crippen LogP contribution in [0.1, 0.15) is 33.9 Å². The largest absolute Gasteiger partial charge is 0.493 e. The molecule has 1 aliphatic heterocycles. The summed E-state index contributed by atoms with van der Waals surface area (Å²) >= 11 is 1.92. The first-order chi connectivity index (χ1) is 17.3. The molecule has 4 heteroatoms. The lowest BCUT2D eigenvalue weighted by molar-refractivity contribution is 0.284. The summed E-state index contributed by atoms with van der Waals surface area (Å²) in [6.45, 7) is 0.505. The number of para-hydroxylation sites is 1. The Morgan fingerprint density at radius 2 is 1.66 bits per heavy atom. The Labute approximate surface area is 210 Å². The number of ether oxygens (including phenoxy) is 2. The summed E-state index contributed by atoms with van der Waals surface area (Å²) < 4.78 is 11.9. The van der Waals surface area contributed by atoms with Crippen LogP contribution in [0, 0.1) is 5.92 Å². The van der Waals surface area contributed by atoms with Crippen molar-refractivity contribution >= 4 is 23.2 Å². The molecular formula is C31H27NO2S. The molecule has 1 heterocycles. The van der Waals surface area contributed by atoms with E-state index in [0.29, 0.717) is 12.5 Å². The molecule has 2 aliphatic rings. The monoisotopic (exact) mass is 477 g/mol. The minimum absolute atomic E-state index is 0.232. The maximum atomic E-state index is 6.27. The Bertz CT molecular complexity index is 1380. The molecule has 35 heavy (non-hydrogen) atoms. The fourth-order valence-corrected chi connectivity index (χ4v) is 6.47. The van der Waals surface area contributed by atoms with Gasteiger partial charge in [-0.2, -0.15) is 0 Å². The van der Waals surface area contributed by atoms with Gasteiger partial charge in [0, 0.05) is 16.1 Å². The zero-order chi connectivity index (χ0) is 23.6. The van der Waals surface area contributed by atoms with Gasteiger partial charge in [-0.25, -0.2) is 0 Å². The summed E-state index contributed by atoms with van der Waals surface area (Å²) in [6.07, 6.45) is 2.15. The topological polar surface area (TPSA) is 30.8 Å². The molecule has 0 bridgehead atoms. The van der Waals surface area contributed by atoms with E-state index < -0.39 is 0 Å². The average molecular weight is 478 g/mol. The van der Waals surface area contributed by atoms with Crippen LogP contribution >= 0.6 is 11.8 Å². The summed E-state index contributed by atoms with van der Waals surface area (Å²) in [5.41, 5.74) is 7.33. The number of hydrogen-bond donors (Lipinski definition) is 0. The van der Waals surface area contributed by atoms with Gasteiger partial charge in [0.2, 0.25) is 0 Å². The summed E-state index contributed by atoms with van der Waals surface area (Å²) in [4.78, 5) is 6.47. The molecule has 4 aromatic rings. The van der Waals surface area contributed by atoms with E-state index in [9.17, 15) is 0 Å².